The molecular weight excluding hydrogens is 254 g/mol. The van der Waals surface area contributed by atoms with Crippen LogP contribution in [0.15, 0.2) is 47.5 Å². The molecule has 19 heavy (non-hydrogen) atoms. The van der Waals surface area contributed by atoms with Gasteiger partial charge in [-0.2, -0.15) is 11.8 Å². The second kappa shape index (κ2) is 7.31. The fourth-order valence-corrected chi connectivity index (χ4v) is 2.58. The van der Waals surface area contributed by atoms with Crippen molar-refractivity contribution < 1.29 is 5.11 Å². The lowest BCUT2D eigenvalue weighted by Crippen LogP contribution is -1.94. The highest BCUT2D eigenvalue weighted by atomic mass is 32.2. The van der Waals surface area contributed by atoms with Crippen molar-refractivity contribution in [3.05, 3.63) is 48.0 Å². The van der Waals surface area contributed by atoms with Crippen LogP contribution in [0.25, 0.3) is 10.8 Å². The number of nitrogens with zero attached hydrogens (tertiary/aromatic N) is 1. The zero-order valence-corrected chi connectivity index (χ0v) is 11.9. The summed E-state index contributed by atoms with van der Waals surface area (Å²) in [6.45, 7) is 2.35. The van der Waals surface area contributed by atoms with E-state index in [-0.39, 0.29) is 12.6 Å². The van der Waals surface area contributed by atoms with Gasteiger partial charge in [-0.15, -0.1) is 0 Å². The van der Waals surface area contributed by atoms with Gasteiger partial charge in [0.05, 0.1) is 12.6 Å². The first-order valence-electron chi connectivity index (χ1n) is 6.51. The molecule has 0 aliphatic carbocycles. The number of thioether (sulfide) groups is 1. The zero-order chi connectivity index (χ0) is 13.5. The first kappa shape index (κ1) is 14.1. The van der Waals surface area contributed by atoms with Gasteiger partial charge in [0, 0.05) is 17.7 Å². The smallest absolute Gasteiger partial charge is 0.0723 e. The third-order valence-electron chi connectivity index (χ3n) is 3.03. The Morgan fingerprint density at radius 2 is 2.00 bits per heavy atom. The topological polar surface area (TPSA) is 32.6 Å². The summed E-state index contributed by atoms with van der Waals surface area (Å²) >= 11 is 1.69. The Hall–Kier alpha value is -1.32. The van der Waals surface area contributed by atoms with Crippen molar-refractivity contribution in [3.8, 4) is 0 Å². The Kier molecular flexibility index (Phi) is 5.43. The van der Waals surface area contributed by atoms with E-state index in [0.29, 0.717) is 0 Å². The lowest BCUT2D eigenvalue weighted by Gasteiger charge is -2.10. The molecule has 2 aromatic rings. The van der Waals surface area contributed by atoms with E-state index < -0.39 is 0 Å². The fourth-order valence-electron chi connectivity index (χ4n) is 2.10. The molecule has 3 heteroatoms. The van der Waals surface area contributed by atoms with E-state index in [2.05, 4.69) is 54.4 Å². The van der Waals surface area contributed by atoms with Crippen molar-refractivity contribution in [2.75, 3.05) is 18.1 Å². The number of aliphatic hydroxyl groups excluding tert-OH is 1. The van der Waals surface area contributed by atoms with Gasteiger partial charge in [0.1, 0.15) is 0 Å². The van der Waals surface area contributed by atoms with Crippen molar-refractivity contribution >= 4 is 28.7 Å². The second-order valence-corrected chi connectivity index (χ2v) is 5.52. The summed E-state index contributed by atoms with van der Waals surface area (Å²) in [5, 5.41) is 11.2. The van der Waals surface area contributed by atoms with E-state index in [0.717, 1.165) is 11.5 Å². The summed E-state index contributed by atoms with van der Waals surface area (Å²) in [6.07, 6.45) is 1.95. The van der Waals surface area contributed by atoms with Crippen LogP contribution in [0.2, 0.25) is 0 Å². The summed E-state index contributed by atoms with van der Waals surface area (Å²) in [4.78, 5) is 4.59. The highest BCUT2D eigenvalue weighted by molar-refractivity contribution is 7.99. The maximum absolute atomic E-state index is 8.71. The minimum atomic E-state index is 0.167. The van der Waals surface area contributed by atoms with Gasteiger partial charge in [-0.1, -0.05) is 42.5 Å². The third kappa shape index (κ3) is 3.82. The van der Waals surface area contributed by atoms with Gasteiger partial charge in [0.15, 0.2) is 0 Å². The van der Waals surface area contributed by atoms with Crippen LogP contribution < -0.4 is 0 Å². The molecule has 0 saturated carbocycles. The first-order chi connectivity index (χ1) is 9.33. The fraction of sp³-hybridized carbons (Fsp3) is 0.312. The predicted octanol–water partition coefficient (Wildman–Crippen LogP) is 3.70. The van der Waals surface area contributed by atoms with Gasteiger partial charge >= 0.3 is 0 Å². The largest absolute Gasteiger partial charge is 0.396 e. The molecule has 0 amide bonds. The van der Waals surface area contributed by atoms with Gasteiger partial charge < -0.3 is 5.11 Å². The maximum Gasteiger partial charge on any atom is 0.0723 e. The second-order valence-electron chi connectivity index (χ2n) is 4.37. The lowest BCUT2D eigenvalue weighted by molar-refractivity contribution is 0.322. The molecule has 0 radical (unpaired) electrons. The van der Waals surface area contributed by atoms with Crippen LogP contribution in [0.1, 0.15) is 18.5 Å². The highest BCUT2D eigenvalue weighted by Crippen LogP contribution is 2.26. The Balaban J connectivity index is 2.11. The number of aliphatic imine (C=N–C) groups is 1. The molecule has 0 saturated heterocycles. The number of hydrogen-bond acceptors (Lipinski definition) is 3. The first-order valence-corrected chi connectivity index (χ1v) is 7.66. The molecule has 0 bridgehead atoms. The molecule has 1 N–H and O–H groups in total. The average Bonchev–Trinajstić information content (AvgIpc) is 2.46. The van der Waals surface area contributed by atoms with Gasteiger partial charge in [-0.3, -0.25) is 4.99 Å². The van der Waals surface area contributed by atoms with E-state index in [1.165, 1.54) is 16.3 Å². The van der Waals surface area contributed by atoms with Gasteiger partial charge in [0.25, 0.3) is 0 Å². The molecule has 0 fully saturated rings. The van der Waals surface area contributed by atoms with Gasteiger partial charge in [0.2, 0.25) is 0 Å². The minimum Gasteiger partial charge on any atom is -0.396 e. The van der Waals surface area contributed by atoms with Crippen molar-refractivity contribution in [2.45, 2.75) is 13.0 Å². The maximum atomic E-state index is 8.71. The van der Waals surface area contributed by atoms with Gasteiger partial charge in [-0.25, -0.2) is 0 Å². The molecule has 0 aliphatic rings. The van der Waals surface area contributed by atoms with Crippen LogP contribution in [0, 0.1) is 0 Å². The standard InChI is InChI=1S/C16H19NOS/c1-13(17-9-11-19-12-10-18)15-8-4-6-14-5-2-3-7-16(14)15/h2-9,13,18H,10-12H2,1H3. The summed E-state index contributed by atoms with van der Waals surface area (Å²) in [5.74, 6) is 1.63. The summed E-state index contributed by atoms with van der Waals surface area (Å²) < 4.78 is 0. The van der Waals surface area contributed by atoms with E-state index >= 15 is 0 Å². The van der Waals surface area contributed by atoms with Crippen LogP contribution >= 0.6 is 11.8 Å². The molecular formula is C16H19NOS. The minimum absolute atomic E-state index is 0.167. The molecule has 0 aliphatic heterocycles. The van der Waals surface area contributed by atoms with Crippen LogP contribution in [0.3, 0.4) is 0 Å². The lowest BCUT2D eigenvalue weighted by atomic mass is 10.0. The van der Waals surface area contributed by atoms with Gasteiger partial charge in [-0.05, 0) is 23.3 Å². The number of hydrogen-bond donors (Lipinski definition) is 1. The molecule has 0 heterocycles. The Morgan fingerprint density at radius 3 is 2.84 bits per heavy atom. The molecule has 0 aromatic heterocycles. The average molecular weight is 273 g/mol. The monoisotopic (exact) mass is 273 g/mol. The molecule has 2 aromatic carbocycles. The molecule has 0 spiro atoms. The quantitative estimate of drug-likeness (QED) is 0.643. The zero-order valence-electron chi connectivity index (χ0n) is 11.1. The summed E-state index contributed by atoms with van der Waals surface area (Å²) in [5.41, 5.74) is 1.27. The van der Waals surface area contributed by atoms with E-state index in [1.54, 1.807) is 11.8 Å². The summed E-state index contributed by atoms with van der Waals surface area (Å²) in [7, 11) is 0. The molecule has 2 rings (SSSR count). The number of aliphatic hydroxyl groups is 1. The predicted molar refractivity (Wildman–Crippen MR) is 85.3 cm³/mol. The van der Waals surface area contributed by atoms with Crippen molar-refractivity contribution in [2.24, 2.45) is 4.99 Å². The van der Waals surface area contributed by atoms with Crippen LogP contribution in [0.4, 0.5) is 0 Å². The van der Waals surface area contributed by atoms with Crippen LogP contribution in [0.5, 0.6) is 0 Å². The molecule has 100 valence electrons. The van der Waals surface area contributed by atoms with Crippen molar-refractivity contribution in [3.63, 3.8) is 0 Å². The molecule has 2 nitrogen and oxygen atoms in total. The molecule has 1 unspecified atom stereocenters. The number of rotatable bonds is 6. The van der Waals surface area contributed by atoms with Crippen molar-refractivity contribution in [1.82, 2.24) is 0 Å². The third-order valence-corrected chi connectivity index (χ3v) is 3.89. The normalized spacial score (nSPS) is 13.2. The van der Waals surface area contributed by atoms with E-state index in [1.807, 2.05) is 6.21 Å². The number of benzene rings is 2. The Morgan fingerprint density at radius 1 is 1.21 bits per heavy atom. The Labute approximate surface area is 118 Å². The summed E-state index contributed by atoms with van der Waals surface area (Å²) in [6, 6.07) is 14.9. The molecule has 1 atom stereocenters. The number of fused-ring (bicyclic) bond motifs is 1. The van der Waals surface area contributed by atoms with E-state index in [9.17, 15) is 0 Å². The Bertz CT molecular complexity index is 548. The van der Waals surface area contributed by atoms with E-state index in [4.69, 9.17) is 5.11 Å². The van der Waals surface area contributed by atoms with Crippen molar-refractivity contribution in [1.29, 1.82) is 0 Å². The highest BCUT2D eigenvalue weighted by Gasteiger charge is 2.06. The van der Waals surface area contributed by atoms with Crippen LogP contribution in [-0.4, -0.2) is 29.4 Å². The van der Waals surface area contributed by atoms with Crippen LogP contribution in [-0.2, 0) is 0 Å². The SMILES string of the molecule is CC(N=CCSCCO)c1cccc2ccccc12.